The summed E-state index contributed by atoms with van der Waals surface area (Å²) in [6.45, 7) is 2.80. The van der Waals surface area contributed by atoms with Gasteiger partial charge in [0.1, 0.15) is 5.01 Å². The van der Waals surface area contributed by atoms with Gasteiger partial charge in [0.2, 0.25) is 5.91 Å². The van der Waals surface area contributed by atoms with E-state index in [1.165, 1.54) is 4.88 Å². The molecule has 2 rings (SSSR count). The topological polar surface area (TPSA) is 50.3 Å². The summed E-state index contributed by atoms with van der Waals surface area (Å²) in [7, 11) is 0. The number of hydrogen-bond acceptors (Lipinski definition) is 4. The molecule has 0 N–H and O–H groups in total. The first-order valence-electron chi connectivity index (χ1n) is 4.92. The zero-order chi connectivity index (χ0) is 10.8. The molecule has 15 heavy (non-hydrogen) atoms. The van der Waals surface area contributed by atoms with Crippen molar-refractivity contribution in [3.05, 3.63) is 16.1 Å². The lowest BCUT2D eigenvalue weighted by molar-refractivity contribution is -0.128. The molecule has 80 valence electrons. The highest BCUT2D eigenvalue weighted by atomic mass is 32.1. The second kappa shape index (κ2) is 4.10. The van der Waals surface area contributed by atoms with Crippen LogP contribution in [-0.4, -0.2) is 28.1 Å². The Morgan fingerprint density at radius 1 is 1.53 bits per heavy atom. The first-order valence-corrected chi connectivity index (χ1v) is 5.73. The van der Waals surface area contributed by atoms with E-state index in [9.17, 15) is 9.59 Å². The van der Waals surface area contributed by atoms with E-state index in [0.29, 0.717) is 6.54 Å². The smallest absolute Gasteiger partial charge is 0.230 e. The van der Waals surface area contributed by atoms with E-state index in [4.69, 9.17) is 0 Å². The van der Waals surface area contributed by atoms with Gasteiger partial charge >= 0.3 is 0 Å². The fraction of sp³-hybridized carbons (Fsp3) is 0.500. The molecule has 0 atom stereocenters. The molecule has 0 radical (unpaired) electrons. The van der Waals surface area contributed by atoms with Gasteiger partial charge in [-0.15, -0.1) is 11.3 Å². The molecule has 1 amide bonds. The lowest BCUT2D eigenvalue weighted by Crippen LogP contribution is -2.24. The molecule has 1 saturated heterocycles. The Balaban J connectivity index is 2.02. The minimum absolute atomic E-state index is 0.00673. The van der Waals surface area contributed by atoms with Crippen LogP contribution in [0.5, 0.6) is 0 Å². The van der Waals surface area contributed by atoms with Gasteiger partial charge < -0.3 is 4.90 Å². The van der Waals surface area contributed by atoms with Gasteiger partial charge in [0.15, 0.2) is 5.78 Å². The van der Waals surface area contributed by atoms with Crippen molar-refractivity contribution in [2.75, 3.05) is 6.54 Å². The van der Waals surface area contributed by atoms with Crippen LogP contribution in [-0.2, 0) is 22.6 Å². The number of likely N-dealkylation sites (tertiary alicyclic amines) is 1. The van der Waals surface area contributed by atoms with E-state index < -0.39 is 0 Å². The van der Waals surface area contributed by atoms with E-state index in [2.05, 4.69) is 11.9 Å². The van der Waals surface area contributed by atoms with Gasteiger partial charge in [0.25, 0.3) is 0 Å². The fourth-order valence-electron chi connectivity index (χ4n) is 1.53. The van der Waals surface area contributed by atoms with Gasteiger partial charge in [-0.3, -0.25) is 9.59 Å². The predicted molar refractivity (Wildman–Crippen MR) is 56.5 cm³/mol. The number of aromatic nitrogens is 1. The first-order chi connectivity index (χ1) is 7.19. The third kappa shape index (κ3) is 2.23. The zero-order valence-electron chi connectivity index (χ0n) is 8.52. The summed E-state index contributed by atoms with van der Waals surface area (Å²) >= 11 is 1.61. The van der Waals surface area contributed by atoms with Gasteiger partial charge in [-0.25, -0.2) is 4.98 Å². The van der Waals surface area contributed by atoms with Crippen LogP contribution in [0.4, 0.5) is 0 Å². The van der Waals surface area contributed by atoms with Crippen molar-refractivity contribution in [1.82, 2.24) is 9.88 Å². The number of aryl methyl sites for hydroxylation is 1. The van der Waals surface area contributed by atoms with E-state index >= 15 is 0 Å². The van der Waals surface area contributed by atoms with Gasteiger partial charge in [-0.1, -0.05) is 6.92 Å². The minimum Gasteiger partial charge on any atom is -0.328 e. The lowest BCUT2D eigenvalue weighted by Gasteiger charge is -2.11. The molecule has 0 unspecified atom stereocenters. The summed E-state index contributed by atoms with van der Waals surface area (Å²) in [6, 6.07) is 0. The van der Waals surface area contributed by atoms with E-state index in [1.54, 1.807) is 16.2 Å². The van der Waals surface area contributed by atoms with E-state index in [-0.39, 0.29) is 24.7 Å². The standard InChI is InChI=1S/C10H12N2O2S/c1-2-8-4-11-9(15-8)6-12-5-7(13)3-10(12)14/h4H,2-3,5-6H2,1H3. The van der Waals surface area contributed by atoms with Gasteiger partial charge in [-0.05, 0) is 6.42 Å². The Hall–Kier alpha value is -1.23. The Labute approximate surface area is 91.9 Å². The summed E-state index contributed by atoms with van der Waals surface area (Å²) in [5.74, 6) is -0.0690. The van der Waals surface area contributed by atoms with Crippen molar-refractivity contribution in [3.63, 3.8) is 0 Å². The van der Waals surface area contributed by atoms with Crippen LogP contribution in [0.15, 0.2) is 6.20 Å². The molecular formula is C10H12N2O2S. The normalized spacial score (nSPS) is 16.5. The van der Waals surface area contributed by atoms with Crippen molar-refractivity contribution in [3.8, 4) is 0 Å². The number of thiazole rings is 1. The van der Waals surface area contributed by atoms with Crippen LogP contribution in [0.3, 0.4) is 0 Å². The van der Waals surface area contributed by atoms with Gasteiger partial charge in [0, 0.05) is 11.1 Å². The number of Topliss-reactive ketones (excluding diaryl/α,β-unsaturated/α-hetero) is 1. The van der Waals surface area contributed by atoms with Crippen LogP contribution in [0.1, 0.15) is 23.2 Å². The monoisotopic (exact) mass is 224 g/mol. The SMILES string of the molecule is CCc1cnc(CN2CC(=O)CC2=O)s1. The first kappa shape index (κ1) is 10.3. The van der Waals surface area contributed by atoms with E-state index in [1.807, 2.05) is 6.20 Å². The maximum Gasteiger partial charge on any atom is 0.230 e. The molecule has 1 fully saturated rings. The molecule has 2 heterocycles. The third-order valence-electron chi connectivity index (χ3n) is 2.34. The van der Waals surface area contributed by atoms with Crippen molar-refractivity contribution < 1.29 is 9.59 Å². The van der Waals surface area contributed by atoms with Crippen molar-refractivity contribution in [1.29, 1.82) is 0 Å². The Morgan fingerprint density at radius 3 is 2.87 bits per heavy atom. The summed E-state index contributed by atoms with van der Waals surface area (Å²) in [5.41, 5.74) is 0. The maximum absolute atomic E-state index is 11.3. The molecule has 1 aromatic heterocycles. The highest BCUT2D eigenvalue weighted by molar-refractivity contribution is 7.11. The average Bonchev–Trinajstić information content (AvgIpc) is 2.75. The van der Waals surface area contributed by atoms with Gasteiger partial charge in [0.05, 0.1) is 19.5 Å². The van der Waals surface area contributed by atoms with Crippen LogP contribution in [0.2, 0.25) is 0 Å². The second-order valence-electron chi connectivity index (χ2n) is 3.54. The Kier molecular flexibility index (Phi) is 2.81. The maximum atomic E-state index is 11.3. The number of rotatable bonds is 3. The highest BCUT2D eigenvalue weighted by Gasteiger charge is 2.27. The zero-order valence-corrected chi connectivity index (χ0v) is 9.34. The number of nitrogens with zero attached hydrogens (tertiary/aromatic N) is 2. The molecule has 0 saturated carbocycles. The van der Waals surface area contributed by atoms with Crippen molar-refractivity contribution >= 4 is 23.0 Å². The lowest BCUT2D eigenvalue weighted by atomic mass is 10.3. The summed E-state index contributed by atoms with van der Waals surface area (Å²) in [5, 5.41) is 0.912. The Bertz CT molecular complexity index is 400. The second-order valence-corrected chi connectivity index (χ2v) is 4.74. The quantitative estimate of drug-likeness (QED) is 0.720. The summed E-state index contributed by atoms with van der Waals surface area (Å²) in [6.07, 6.45) is 2.86. The predicted octanol–water partition coefficient (Wildman–Crippen LogP) is 1.01. The average molecular weight is 224 g/mol. The number of carbonyl (C=O) groups is 2. The minimum atomic E-state index is -0.0757. The largest absolute Gasteiger partial charge is 0.328 e. The fourth-order valence-corrected chi connectivity index (χ4v) is 2.41. The number of ketones is 1. The van der Waals surface area contributed by atoms with E-state index in [0.717, 1.165) is 11.4 Å². The van der Waals surface area contributed by atoms with Crippen LogP contribution < -0.4 is 0 Å². The van der Waals surface area contributed by atoms with Crippen molar-refractivity contribution in [2.45, 2.75) is 26.3 Å². The van der Waals surface area contributed by atoms with Crippen LogP contribution in [0, 0.1) is 0 Å². The molecule has 0 aromatic carbocycles. The third-order valence-corrected chi connectivity index (χ3v) is 3.47. The summed E-state index contributed by atoms with van der Waals surface area (Å²) in [4.78, 5) is 29.4. The molecule has 0 aliphatic carbocycles. The Morgan fingerprint density at radius 2 is 2.33 bits per heavy atom. The van der Waals surface area contributed by atoms with Crippen LogP contribution in [0.25, 0.3) is 0 Å². The molecule has 1 aromatic rings. The molecule has 1 aliphatic rings. The highest BCUT2D eigenvalue weighted by Crippen LogP contribution is 2.17. The molecule has 0 bridgehead atoms. The molecule has 5 heteroatoms. The molecule has 1 aliphatic heterocycles. The number of hydrogen-bond donors (Lipinski definition) is 0. The molecule has 0 spiro atoms. The number of carbonyl (C=O) groups excluding carboxylic acids is 2. The molecule has 4 nitrogen and oxygen atoms in total. The van der Waals surface area contributed by atoms with Crippen molar-refractivity contribution in [2.24, 2.45) is 0 Å². The molecular weight excluding hydrogens is 212 g/mol. The summed E-state index contributed by atoms with van der Waals surface area (Å²) < 4.78 is 0. The number of amides is 1. The van der Waals surface area contributed by atoms with Gasteiger partial charge in [-0.2, -0.15) is 0 Å². The van der Waals surface area contributed by atoms with Crippen LogP contribution >= 0.6 is 11.3 Å².